The molecule has 1 saturated heterocycles. The van der Waals surface area contributed by atoms with Gasteiger partial charge in [-0.2, -0.15) is 0 Å². The molecule has 0 radical (unpaired) electrons. The SMILES string of the molecule is CC(CC(=O)C(CO)NC(=O)C(CC(=O)C(CCCN=C(N)N)NC(=O)C(CC(=O)C(NC(=O)CCCCCNC(=O)CN1CCN(CC(=O)O)CCN(CC(=O)O)CCN(CC(=O)O)CC1)[C@H](C)O)C(C)C)[C@H](C)O)C(=O)NC(CC(=O)O)C(=O)O. The third-order valence-electron chi connectivity index (χ3n) is 14.3. The molecule has 0 aromatic heterocycles. The lowest BCUT2D eigenvalue weighted by atomic mass is 9.86. The number of carboxylic acid groups (broad SMARTS) is 5. The van der Waals surface area contributed by atoms with Gasteiger partial charge in [-0.3, -0.25) is 82.1 Å². The molecule has 0 bridgehead atoms. The molecule has 0 spiro atoms. The van der Waals surface area contributed by atoms with Crippen LogP contribution in [0.25, 0.3) is 0 Å². The average molecular weight is 1250 g/mol. The molecule has 17 N–H and O–H groups in total. The van der Waals surface area contributed by atoms with Crippen molar-refractivity contribution in [3.63, 3.8) is 0 Å². The van der Waals surface area contributed by atoms with Gasteiger partial charge in [0.15, 0.2) is 23.3 Å². The average Bonchev–Trinajstić information content (AvgIpc) is 3.08. The normalized spacial score (nSPS) is 17.1. The lowest BCUT2D eigenvalue weighted by Gasteiger charge is -2.32. The van der Waals surface area contributed by atoms with E-state index in [1.807, 2.05) is 5.32 Å². The Morgan fingerprint density at radius 3 is 1.38 bits per heavy atom. The maximum absolute atomic E-state index is 14.0. The van der Waals surface area contributed by atoms with E-state index >= 15 is 0 Å². The van der Waals surface area contributed by atoms with Crippen LogP contribution in [0.5, 0.6) is 0 Å². The smallest absolute Gasteiger partial charge is 0.326 e. The van der Waals surface area contributed by atoms with Gasteiger partial charge >= 0.3 is 29.8 Å². The number of aliphatic carboxylic acids is 5. The maximum Gasteiger partial charge on any atom is 0.326 e. The molecule has 33 heteroatoms. The quantitative estimate of drug-likeness (QED) is 0.0155. The molecule has 1 aliphatic rings. The van der Waals surface area contributed by atoms with Crippen LogP contribution in [0.15, 0.2) is 4.99 Å². The lowest BCUT2D eigenvalue weighted by Crippen LogP contribution is -2.51. The van der Waals surface area contributed by atoms with E-state index in [1.165, 1.54) is 20.8 Å². The fourth-order valence-electron chi connectivity index (χ4n) is 9.22. The molecule has 9 atom stereocenters. The van der Waals surface area contributed by atoms with E-state index in [2.05, 4.69) is 26.3 Å². The maximum atomic E-state index is 14.0. The van der Waals surface area contributed by atoms with E-state index in [0.29, 0.717) is 19.3 Å². The van der Waals surface area contributed by atoms with Crippen molar-refractivity contribution in [1.82, 2.24) is 46.2 Å². The molecule has 1 aliphatic heterocycles. The Morgan fingerprint density at radius 2 is 0.943 bits per heavy atom. The predicted octanol–water partition coefficient (Wildman–Crippen LogP) is -5.15. The minimum absolute atomic E-state index is 0.00709. The minimum Gasteiger partial charge on any atom is -0.481 e. The number of rotatable bonds is 41. The number of aliphatic imine (C=N–C) groups is 1. The summed E-state index contributed by atoms with van der Waals surface area (Å²) in [5.74, 6) is -17.5. The van der Waals surface area contributed by atoms with Gasteiger partial charge in [0.05, 0.1) is 63.4 Å². The van der Waals surface area contributed by atoms with Crippen LogP contribution in [0.2, 0.25) is 0 Å². The Hall–Kier alpha value is -7.30. The Balaban J connectivity index is 3.02. The number of carbonyl (C=O) groups excluding carboxylic acids is 8. The van der Waals surface area contributed by atoms with Crippen LogP contribution in [0.3, 0.4) is 0 Å². The highest BCUT2D eigenvalue weighted by Crippen LogP contribution is 2.21. The number of nitrogens with two attached hydrogens (primary N) is 2. The number of carboxylic acids is 5. The van der Waals surface area contributed by atoms with Gasteiger partial charge in [-0.25, -0.2) is 4.79 Å². The first kappa shape index (κ1) is 77.7. The molecule has 1 fully saturated rings. The molecule has 1 rings (SSSR count). The highest BCUT2D eigenvalue weighted by Gasteiger charge is 2.37. The number of aliphatic hydroxyl groups is 3. The molecular formula is C54H92N12O21. The lowest BCUT2D eigenvalue weighted by molar-refractivity contribution is -0.147. The van der Waals surface area contributed by atoms with Gasteiger partial charge in [0.1, 0.15) is 18.1 Å². The second kappa shape index (κ2) is 41.0. The number of Topliss-reactive ketones (excluding diaryl/α,β-unsaturated/α-hetero) is 3. The van der Waals surface area contributed by atoms with Crippen LogP contribution >= 0.6 is 0 Å². The highest BCUT2D eigenvalue weighted by atomic mass is 16.4. The third kappa shape index (κ3) is 32.9. The summed E-state index contributed by atoms with van der Waals surface area (Å²) in [4.78, 5) is 175. The zero-order valence-corrected chi connectivity index (χ0v) is 50.2. The zero-order valence-electron chi connectivity index (χ0n) is 50.2. The molecule has 1 heterocycles. The van der Waals surface area contributed by atoms with Gasteiger partial charge in [-0.15, -0.1) is 0 Å². The summed E-state index contributed by atoms with van der Waals surface area (Å²) in [6.07, 6.45) is -4.78. The van der Waals surface area contributed by atoms with Crippen molar-refractivity contribution in [3.8, 4) is 0 Å². The van der Waals surface area contributed by atoms with Crippen LogP contribution in [-0.4, -0.2) is 278 Å². The Bertz CT molecular complexity index is 2320. The van der Waals surface area contributed by atoms with E-state index in [-0.39, 0.29) is 123 Å². The fourth-order valence-corrected chi connectivity index (χ4v) is 9.22. The number of nitrogens with zero attached hydrogens (tertiary/aromatic N) is 5. The Morgan fingerprint density at radius 1 is 0.483 bits per heavy atom. The Labute approximate surface area is 504 Å². The topological polar surface area (TPSA) is 521 Å². The zero-order chi connectivity index (χ0) is 66.1. The van der Waals surface area contributed by atoms with Crippen LogP contribution in [-0.2, 0) is 62.3 Å². The van der Waals surface area contributed by atoms with Crippen molar-refractivity contribution >= 4 is 82.7 Å². The van der Waals surface area contributed by atoms with Crippen LogP contribution in [0.4, 0.5) is 0 Å². The molecule has 87 heavy (non-hydrogen) atoms. The molecule has 0 saturated carbocycles. The summed E-state index contributed by atoms with van der Waals surface area (Å²) < 4.78 is 0. The van der Waals surface area contributed by atoms with Gasteiger partial charge in [0, 0.05) is 103 Å². The number of aliphatic hydroxyl groups excluding tert-OH is 3. The molecule has 5 amide bonds. The van der Waals surface area contributed by atoms with Crippen molar-refractivity contribution in [1.29, 1.82) is 0 Å². The number of amides is 5. The summed E-state index contributed by atoms with van der Waals surface area (Å²) in [6, 6.07) is -6.34. The molecule has 494 valence electrons. The number of ketones is 3. The molecule has 0 aromatic rings. The van der Waals surface area contributed by atoms with Crippen molar-refractivity contribution in [2.24, 2.45) is 40.1 Å². The molecule has 7 unspecified atom stereocenters. The van der Waals surface area contributed by atoms with Gasteiger partial charge in [-0.1, -0.05) is 27.2 Å². The highest BCUT2D eigenvalue weighted by molar-refractivity contribution is 5.97. The number of nitrogens with one attached hydrogen (secondary N) is 5. The molecule has 0 aromatic carbocycles. The van der Waals surface area contributed by atoms with Crippen molar-refractivity contribution in [3.05, 3.63) is 0 Å². The van der Waals surface area contributed by atoms with E-state index < -0.39 is 163 Å². The number of unbranched alkanes of at least 4 members (excludes halogenated alkanes) is 2. The van der Waals surface area contributed by atoms with E-state index in [4.69, 9.17) is 16.6 Å². The summed E-state index contributed by atoms with van der Waals surface area (Å²) in [5.41, 5.74) is 10.9. The van der Waals surface area contributed by atoms with Crippen molar-refractivity contribution in [2.45, 2.75) is 135 Å². The number of hydrogen-bond donors (Lipinski definition) is 15. The van der Waals surface area contributed by atoms with Crippen LogP contribution in [0.1, 0.15) is 98.8 Å². The Kier molecular flexibility index (Phi) is 36.6. The largest absolute Gasteiger partial charge is 0.481 e. The number of hydrogen-bond acceptors (Lipinski definition) is 21. The van der Waals surface area contributed by atoms with Crippen molar-refractivity contribution in [2.75, 3.05) is 98.2 Å². The summed E-state index contributed by atoms with van der Waals surface area (Å²) in [7, 11) is 0. The van der Waals surface area contributed by atoms with E-state index in [9.17, 15) is 98.1 Å². The van der Waals surface area contributed by atoms with Crippen LogP contribution < -0.4 is 38.1 Å². The third-order valence-corrected chi connectivity index (χ3v) is 14.3. The standard InChI is InChI=1S/C54H92N12O21/c1-31(2)35(51(84)59-37(10-9-13-58-54(55)56)41(71)24-36(33(4)68)52(85)61-39(30-67)40(70)22-32(3)50(83)60-38(53(86)87)25-45(75)76)23-42(72)49(34(5)69)62-43(73)11-7-6-8-12-57-44(74)26-63-14-16-64(27-46(77)78)18-20-66(29-48(81)82)21-19-65(17-15-63)28-47(79)80/h31-39,49,67-69H,6-30H2,1-5H3,(H,57,74)(H,59,84)(H,60,83)(H,61,85)(H,62,73)(H,75,76)(H,77,78)(H,79,80)(H,81,82)(H,86,87)(H4,55,56,58)/t32?,33-,34-,35?,36?,37?,38?,39?,49?/m0/s1. The predicted molar refractivity (Wildman–Crippen MR) is 308 cm³/mol. The van der Waals surface area contributed by atoms with E-state index in [0.717, 1.165) is 0 Å². The molecular weight excluding hydrogens is 1150 g/mol. The van der Waals surface area contributed by atoms with Gasteiger partial charge in [0.2, 0.25) is 29.5 Å². The fraction of sp³-hybridized carbons (Fsp3) is 0.741. The number of carbonyl (C=O) groups is 13. The monoisotopic (exact) mass is 1240 g/mol. The van der Waals surface area contributed by atoms with Gasteiger partial charge < -0.3 is 78.9 Å². The van der Waals surface area contributed by atoms with Crippen LogP contribution in [0, 0.1) is 23.7 Å². The minimum atomic E-state index is -1.82. The first-order valence-electron chi connectivity index (χ1n) is 28.8. The number of guanidine groups is 1. The first-order valence-corrected chi connectivity index (χ1v) is 28.8. The first-order chi connectivity index (χ1) is 40.7. The summed E-state index contributed by atoms with van der Waals surface area (Å²) in [5, 5.41) is 90.3. The van der Waals surface area contributed by atoms with E-state index in [1.54, 1.807) is 33.4 Å². The summed E-state index contributed by atoms with van der Waals surface area (Å²) in [6.45, 7) is 6.86. The second-order valence-electron chi connectivity index (χ2n) is 22.1. The molecule has 0 aliphatic carbocycles. The van der Waals surface area contributed by atoms with Gasteiger partial charge in [-0.05, 0) is 45.4 Å². The van der Waals surface area contributed by atoms with Gasteiger partial charge in [0.25, 0.3) is 0 Å². The molecule has 33 nitrogen and oxygen atoms in total. The van der Waals surface area contributed by atoms with Crippen molar-refractivity contribution < 1.29 is 103 Å². The summed E-state index contributed by atoms with van der Waals surface area (Å²) >= 11 is 0. The second-order valence-corrected chi connectivity index (χ2v) is 22.1.